The van der Waals surface area contributed by atoms with Gasteiger partial charge in [-0.25, -0.2) is 22.8 Å². The highest BCUT2D eigenvalue weighted by atomic mass is 32.2. The number of anilines is 1. The van der Waals surface area contributed by atoms with Crippen molar-refractivity contribution in [3.8, 4) is 11.4 Å². The Morgan fingerprint density at radius 3 is 2.82 bits per heavy atom. The van der Waals surface area contributed by atoms with Crippen molar-refractivity contribution in [1.29, 1.82) is 0 Å². The van der Waals surface area contributed by atoms with Crippen LogP contribution in [0.2, 0.25) is 0 Å². The standard InChI is InChI=1S/C24H24FN5O2S/c1-33(31,32)30-12-10-20-22(15-30)28-23(16-5-4-6-18(25)13-16)29-24(20)26-11-9-17-14-27-21-8-3-2-7-19(17)21/h2-8,13-14,27H,9-12,15H2,1H3,(H,26,28,29). The third-order valence-electron chi connectivity index (χ3n) is 5.94. The Labute approximate surface area is 191 Å². The van der Waals surface area contributed by atoms with Crippen LogP contribution in [0.1, 0.15) is 16.8 Å². The van der Waals surface area contributed by atoms with Gasteiger partial charge >= 0.3 is 0 Å². The second kappa shape index (κ2) is 8.57. The van der Waals surface area contributed by atoms with Gasteiger partial charge in [0, 0.05) is 41.3 Å². The number of nitrogens with zero attached hydrogens (tertiary/aromatic N) is 3. The lowest BCUT2D eigenvalue weighted by Crippen LogP contribution is -2.36. The summed E-state index contributed by atoms with van der Waals surface area (Å²) in [6.07, 6.45) is 4.52. The number of benzene rings is 2. The van der Waals surface area contributed by atoms with Crippen molar-refractivity contribution in [2.45, 2.75) is 19.4 Å². The fourth-order valence-electron chi connectivity index (χ4n) is 4.25. The summed E-state index contributed by atoms with van der Waals surface area (Å²) in [6, 6.07) is 14.3. The Balaban J connectivity index is 1.45. The molecule has 1 aliphatic heterocycles. The van der Waals surface area contributed by atoms with E-state index < -0.39 is 10.0 Å². The summed E-state index contributed by atoms with van der Waals surface area (Å²) in [7, 11) is -3.34. The van der Waals surface area contributed by atoms with Crippen LogP contribution in [0.5, 0.6) is 0 Å². The fourth-order valence-corrected chi connectivity index (χ4v) is 5.03. The molecule has 0 aliphatic carbocycles. The highest BCUT2D eigenvalue weighted by Crippen LogP contribution is 2.28. The largest absolute Gasteiger partial charge is 0.369 e. The Morgan fingerprint density at radius 1 is 1.15 bits per heavy atom. The quantitative estimate of drug-likeness (QED) is 0.453. The zero-order chi connectivity index (χ0) is 23.0. The lowest BCUT2D eigenvalue weighted by Gasteiger charge is -2.27. The number of rotatable bonds is 6. The van der Waals surface area contributed by atoms with Gasteiger partial charge in [-0.3, -0.25) is 0 Å². The summed E-state index contributed by atoms with van der Waals surface area (Å²) in [5.41, 5.74) is 4.41. The number of halogens is 1. The van der Waals surface area contributed by atoms with Crippen molar-refractivity contribution in [3.05, 3.63) is 77.4 Å². The van der Waals surface area contributed by atoms with Gasteiger partial charge in [0.25, 0.3) is 0 Å². The van der Waals surface area contributed by atoms with Gasteiger partial charge in [-0.1, -0.05) is 30.3 Å². The Kier molecular flexibility index (Phi) is 5.59. The van der Waals surface area contributed by atoms with Crippen molar-refractivity contribution in [2.75, 3.05) is 24.7 Å². The van der Waals surface area contributed by atoms with E-state index in [9.17, 15) is 12.8 Å². The number of hydrogen-bond donors (Lipinski definition) is 2. The van der Waals surface area contributed by atoms with Crippen molar-refractivity contribution in [2.24, 2.45) is 0 Å². The first-order valence-corrected chi connectivity index (χ1v) is 12.6. The van der Waals surface area contributed by atoms with Gasteiger partial charge in [0.2, 0.25) is 10.0 Å². The highest BCUT2D eigenvalue weighted by Gasteiger charge is 2.27. The van der Waals surface area contributed by atoms with Crippen LogP contribution in [0.4, 0.5) is 10.2 Å². The first-order valence-electron chi connectivity index (χ1n) is 10.8. The Hall–Kier alpha value is -3.30. The first kappa shape index (κ1) is 21.5. The maximum atomic E-state index is 13.8. The SMILES string of the molecule is CS(=O)(=O)N1CCc2c(nc(-c3cccc(F)c3)nc2NCCc2c[nH]c3ccccc23)C1. The molecule has 0 unspecified atom stereocenters. The lowest BCUT2D eigenvalue weighted by molar-refractivity contribution is 0.389. The zero-order valence-electron chi connectivity index (χ0n) is 18.2. The molecule has 0 fully saturated rings. The maximum absolute atomic E-state index is 13.8. The van der Waals surface area contributed by atoms with Crippen LogP contribution in [0, 0.1) is 5.82 Å². The molecule has 2 aromatic carbocycles. The third kappa shape index (κ3) is 4.46. The number of para-hydroxylation sites is 1. The maximum Gasteiger partial charge on any atom is 0.211 e. The van der Waals surface area contributed by atoms with Crippen molar-refractivity contribution < 1.29 is 12.8 Å². The van der Waals surface area contributed by atoms with Crippen LogP contribution in [0.3, 0.4) is 0 Å². The molecule has 0 atom stereocenters. The average molecular weight is 466 g/mol. The summed E-state index contributed by atoms with van der Waals surface area (Å²) in [5.74, 6) is 0.672. The molecule has 7 nitrogen and oxygen atoms in total. The smallest absolute Gasteiger partial charge is 0.211 e. The number of sulfonamides is 1. The van der Waals surface area contributed by atoms with Gasteiger partial charge in [-0.2, -0.15) is 4.31 Å². The third-order valence-corrected chi connectivity index (χ3v) is 7.19. The summed E-state index contributed by atoms with van der Waals surface area (Å²) >= 11 is 0. The summed E-state index contributed by atoms with van der Waals surface area (Å²) in [5, 5.41) is 4.62. The molecule has 2 aromatic heterocycles. The molecule has 5 rings (SSSR count). The molecule has 0 bridgehead atoms. The number of H-pyrrole nitrogens is 1. The topological polar surface area (TPSA) is 91.0 Å². The number of hydrogen-bond acceptors (Lipinski definition) is 5. The molecule has 0 saturated carbocycles. The predicted octanol–water partition coefficient (Wildman–Crippen LogP) is 3.74. The van der Waals surface area contributed by atoms with Gasteiger partial charge in [-0.15, -0.1) is 0 Å². The van der Waals surface area contributed by atoms with Gasteiger partial charge in [0.05, 0.1) is 18.5 Å². The van der Waals surface area contributed by atoms with Gasteiger partial charge in [0.15, 0.2) is 5.82 Å². The van der Waals surface area contributed by atoms with E-state index in [-0.39, 0.29) is 12.4 Å². The molecule has 33 heavy (non-hydrogen) atoms. The lowest BCUT2D eigenvalue weighted by atomic mass is 10.1. The van der Waals surface area contributed by atoms with E-state index in [1.807, 2.05) is 24.4 Å². The fraction of sp³-hybridized carbons (Fsp3) is 0.250. The first-order chi connectivity index (χ1) is 15.9. The second-order valence-electron chi connectivity index (χ2n) is 8.21. The van der Waals surface area contributed by atoms with Crippen LogP contribution in [-0.2, 0) is 29.4 Å². The van der Waals surface area contributed by atoms with Gasteiger partial charge < -0.3 is 10.3 Å². The predicted molar refractivity (Wildman–Crippen MR) is 127 cm³/mol. The van der Waals surface area contributed by atoms with Crippen LogP contribution in [-0.4, -0.2) is 47.0 Å². The van der Waals surface area contributed by atoms with E-state index in [0.29, 0.717) is 42.4 Å². The Bertz CT molecular complexity index is 1430. The molecule has 3 heterocycles. The summed E-state index contributed by atoms with van der Waals surface area (Å²) in [4.78, 5) is 12.6. The van der Waals surface area contributed by atoms with Crippen LogP contribution in [0.25, 0.3) is 22.3 Å². The van der Waals surface area contributed by atoms with Crippen molar-refractivity contribution in [1.82, 2.24) is 19.3 Å². The van der Waals surface area contributed by atoms with E-state index >= 15 is 0 Å². The Morgan fingerprint density at radius 2 is 2.00 bits per heavy atom. The molecular weight excluding hydrogens is 441 g/mol. The van der Waals surface area contributed by atoms with Crippen molar-refractivity contribution >= 4 is 26.7 Å². The van der Waals surface area contributed by atoms with Crippen LogP contribution in [0.15, 0.2) is 54.7 Å². The van der Waals surface area contributed by atoms with Gasteiger partial charge in [-0.05, 0) is 36.6 Å². The van der Waals surface area contributed by atoms with Crippen molar-refractivity contribution in [3.63, 3.8) is 0 Å². The molecule has 9 heteroatoms. The van der Waals surface area contributed by atoms with Crippen LogP contribution < -0.4 is 5.32 Å². The van der Waals surface area contributed by atoms with E-state index in [2.05, 4.69) is 21.4 Å². The molecule has 0 amide bonds. The van der Waals surface area contributed by atoms with Gasteiger partial charge in [0.1, 0.15) is 11.6 Å². The minimum atomic E-state index is -3.34. The molecule has 0 radical (unpaired) electrons. The summed E-state index contributed by atoms with van der Waals surface area (Å²) < 4.78 is 39.5. The second-order valence-corrected chi connectivity index (χ2v) is 10.2. The number of fused-ring (bicyclic) bond motifs is 2. The normalized spacial score (nSPS) is 14.4. The van der Waals surface area contributed by atoms with E-state index in [1.165, 1.54) is 33.6 Å². The average Bonchev–Trinajstić information content (AvgIpc) is 3.21. The summed E-state index contributed by atoms with van der Waals surface area (Å²) in [6.45, 7) is 1.20. The highest BCUT2D eigenvalue weighted by molar-refractivity contribution is 7.88. The molecular formula is C24H24FN5O2S. The van der Waals surface area contributed by atoms with E-state index in [4.69, 9.17) is 4.98 Å². The molecule has 0 spiro atoms. The molecule has 4 aromatic rings. The minimum absolute atomic E-state index is 0.177. The zero-order valence-corrected chi connectivity index (χ0v) is 19.0. The molecule has 1 aliphatic rings. The molecule has 0 saturated heterocycles. The van der Waals surface area contributed by atoms with Crippen LogP contribution >= 0.6 is 0 Å². The molecule has 170 valence electrons. The monoisotopic (exact) mass is 465 g/mol. The van der Waals surface area contributed by atoms with E-state index in [0.717, 1.165) is 17.5 Å². The number of aromatic amines is 1. The number of nitrogens with one attached hydrogen (secondary N) is 2. The molecule has 2 N–H and O–H groups in total. The number of aromatic nitrogens is 3. The minimum Gasteiger partial charge on any atom is -0.369 e. The van der Waals surface area contributed by atoms with E-state index in [1.54, 1.807) is 12.1 Å².